The molecule has 192 valence electrons. The lowest BCUT2D eigenvalue weighted by Crippen LogP contribution is -2.57. The van der Waals surface area contributed by atoms with Crippen molar-refractivity contribution in [2.45, 2.75) is 89.8 Å². The van der Waals surface area contributed by atoms with Crippen molar-refractivity contribution in [2.24, 2.45) is 11.8 Å². The summed E-state index contributed by atoms with van der Waals surface area (Å²) < 4.78 is 5.64. The molecule has 0 radical (unpaired) electrons. The van der Waals surface area contributed by atoms with Gasteiger partial charge in [-0.1, -0.05) is 0 Å². The van der Waals surface area contributed by atoms with Crippen molar-refractivity contribution in [3.63, 3.8) is 0 Å². The van der Waals surface area contributed by atoms with Crippen LogP contribution in [0.3, 0.4) is 0 Å². The fourth-order valence-electron chi connectivity index (χ4n) is 5.90. The Balaban J connectivity index is 1.30. The van der Waals surface area contributed by atoms with Crippen molar-refractivity contribution in [3.05, 3.63) is 22.4 Å². The van der Waals surface area contributed by atoms with E-state index in [9.17, 15) is 14.9 Å². The van der Waals surface area contributed by atoms with Gasteiger partial charge >= 0.3 is 6.09 Å². The standard InChI is InChI=1S/C28H37N5O3/c1-28(2,3)36-27(35)32-11-10-20-21(14-29)25(30-24(18-6-7-18)22(20)15-32)31-12-13-33(26(34)19-8-9-19)23(16-31)17-4-5-17/h17-19,23H,4-13,15-16H2,1-3H3. The molecule has 0 N–H and O–H groups in total. The highest BCUT2D eigenvalue weighted by Crippen LogP contribution is 2.46. The largest absolute Gasteiger partial charge is 0.444 e. The van der Waals surface area contributed by atoms with E-state index < -0.39 is 5.60 Å². The van der Waals surface area contributed by atoms with Crippen LogP contribution in [0, 0.1) is 23.2 Å². The van der Waals surface area contributed by atoms with Gasteiger partial charge in [0.2, 0.25) is 5.91 Å². The van der Waals surface area contributed by atoms with E-state index in [1.54, 1.807) is 4.90 Å². The van der Waals surface area contributed by atoms with Crippen molar-refractivity contribution in [2.75, 3.05) is 31.1 Å². The van der Waals surface area contributed by atoms with Crippen LogP contribution in [-0.4, -0.2) is 64.6 Å². The summed E-state index contributed by atoms with van der Waals surface area (Å²) in [5.41, 5.74) is 3.29. The van der Waals surface area contributed by atoms with Gasteiger partial charge in [0.05, 0.1) is 23.8 Å². The molecule has 1 aromatic heterocycles. The van der Waals surface area contributed by atoms with Crippen LogP contribution in [0.15, 0.2) is 0 Å². The van der Waals surface area contributed by atoms with Gasteiger partial charge in [0.15, 0.2) is 0 Å². The number of carbonyl (C=O) groups excluding carboxylic acids is 2. The first-order chi connectivity index (χ1) is 17.2. The second-order valence-electron chi connectivity index (χ2n) is 12.3. The Bertz CT molecular complexity index is 1120. The van der Waals surface area contributed by atoms with E-state index >= 15 is 0 Å². The molecule has 1 atom stereocenters. The van der Waals surface area contributed by atoms with E-state index in [2.05, 4.69) is 15.9 Å². The van der Waals surface area contributed by atoms with E-state index in [0.717, 1.165) is 61.4 Å². The Morgan fingerprint density at radius 3 is 2.39 bits per heavy atom. The number of fused-ring (bicyclic) bond motifs is 1. The molecule has 3 aliphatic carbocycles. The molecule has 0 spiro atoms. The van der Waals surface area contributed by atoms with Crippen LogP contribution in [0.5, 0.6) is 0 Å². The third-order valence-electron chi connectivity index (χ3n) is 8.23. The Morgan fingerprint density at radius 1 is 1.03 bits per heavy atom. The first kappa shape index (κ1) is 23.6. The first-order valence-electron chi connectivity index (χ1n) is 13.7. The summed E-state index contributed by atoms with van der Waals surface area (Å²) in [5.74, 6) is 2.35. The van der Waals surface area contributed by atoms with Gasteiger partial charge in [-0.05, 0) is 82.8 Å². The molecule has 3 heterocycles. The number of anilines is 1. The van der Waals surface area contributed by atoms with Crippen molar-refractivity contribution < 1.29 is 14.3 Å². The van der Waals surface area contributed by atoms with Gasteiger partial charge in [0, 0.05) is 38.0 Å². The van der Waals surface area contributed by atoms with Crippen molar-refractivity contribution in [3.8, 4) is 6.07 Å². The highest BCUT2D eigenvalue weighted by atomic mass is 16.6. The van der Waals surface area contributed by atoms with Crippen LogP contribution >= 0.6 is 0 Å². The molecule has 3 saturated carbocycles. The number of rotatable bonds is 4. The summed E-state index contributed by atoms with van der Waals surface area (Å²) in [4.78, 5) is 37.1. The predicted octanol–water partition coefficient (Wildman–Crippen LogP) is 3.96. The molecule has 1 saturated heterocycles. The minimum atomic E-state index is -0.544. The molecule has 5 aliphatic rings. The summed E-state index contributed by atoms with van der Waals surface area (Å²) >= 11 is 0. The molecule has 2 aliphatic heterocycles. The van der Waals surface area contributed by atoms with Gasteiger partial charge in [-0.2, -0.15) is 5.26 Å². The maximum atomic E-state index is 13.0. The number of hydrogen-bond donors (Lipinski definition) is 0. The van der Waals surface area contributed by atoms with Gasteiger partial charge in [-0.15, -0.1) is 0 Å². The van der Waals surface area contributed by atoms with E-state index in [1.807, 2.05) is 20.8 Å². The van der Waals surface area contributed by atoms with Crippen LogP contribution in [0.25, 0.3) is 0 Å². The number of ether oxygens (including phenoxy) is 1. The van der Waals surface area contributed by atoms with E-state index in [1.165, 1.54) is 12.8 Å². The zero-order valence-corrected chi connectivity index (χ0v) is 21.8. The first-order valence-corrected chi connectivity index (χ1v) is 13.7. The molecule has 2 amide bonds. The Hall–Kier alpha value is -2.82. The van der Waals surface area contributed by atoms with Crippen LogP contribution in [-0.2, 0) is 22.5 Å². The maximum absolute atomic E-state index is 13.0. The summed E-state index contributed by atoms with van der Waals surface area (Å²) in [7, 11) is 0. The molecule has 4 fully saturated rings. The molecule has 1 unspecified atom stereocenters. The van der Waals surface area contributed by atoms with Crippen LogP contribution < -0.4 is 4.90 Å². The molecule has 36 heavy (non-hydrogen) atoms. The van der Waals surface area contributed by atoms with E-state index in [4.69, 9.17) is 9.72 Å². The van der Waals surface area contributed by atoms with E-state index in [-0.39, 0.29) is 18.1 Å². The second-order valence-corrected chi connectivity index (χ2v) is 12.3. The number of pyridine rings is 1. The van der Waals surface area contributed by atoms with E-state index in [0.29, 0.717) is 49.4 Å². The summed E-state index contributed by atoms with van der Waals surface area (Å²) in [6.07, 6.45) is 6.98. The predicted molar refractivity (Wildman–Crippen MR) is 134 cm³/mol. The van der Waals surface area contributed by atoms with Gasteiger partial charge in [-0.3, -0.25) is 4.79 Å². The third kappa shape index (κ3) is 4.53. The lowest BCUT2D eigenvalue weighted by molar-refractivity contribution is -0.135. The number of hydrogen-bond acceptors (Lipinski definition) is 6. The maximum Gasteiger partial charge on any atom is 0.410 e. The average molecular weight is 492 g/mol. The fraction of sp³-hybridized carbons (Fsp3) is 0.714. The average Bonchev–Trinajstić information content (AvgIpc) is 3.71. The fourth-order valence-corrected chi connectivity index (χ4v) is 5.90. The van der Waals surface area contributed by atoms with Gasteiger partial charge < -0.3 is 19.4 Å². The van der Waals surface area contributed by atoms with Gasteiger partial charge in [-0.25, -0.2) is 9.78 Å². The van der Waals surface area contributed by atoms with Crippen LogP contribution in [0.2, 0.25) is 0 Å². The molecule has 8 nitrogen and oxygen atoms in total. The monoisotopic (exact) mass is 491 g/mol. The summed E-state index contributed by atoms with van der Waals surface area (Å²) in [6, 6.07) is 2.72. The molecule has 8 heteroatoms. The topological polar surface area (TPSA) is 89.8 Å². The third-order valence-corrected chi connectivity index (χ3v) is 8.23. The quantitative estimate of drug-likeness (QED) is 0.633. The number of nitrogens with zero attached hydrogens (tertiary/aromatic N) is 5. The van der Waals surface area contributed by atoms with Crippen molar-refractivity contribution in [1.29, 1.82) is 5.26 Å². The van der Waals surface area contributed by atoms with Gasteiger partial charge in [0.25, 0.3) is 0 Å². The Labute approximate surface area is 213 Å². The zero-order chi connectivity index (χ0) is 25.2. The number of piperazine rings is 1. The van der Waals surface area contributed by atoms with Crippen molar-refractivity contribution in [1.82, 2.24) is 14.8 Å². The number of amides is 2. The molecular formula is C28H37N5O3. The molecule has 1 aromatic rings. The lowest BCUT2D eigenvalue weighted by atomic mass is 9.92. The zero-order valence-electron chi connectivity index (χ0n) is 21.8. The minimum absolute atomic E-state index is 0.225. The summed E-state index contributed by atoms with van der Waals surface area (Å²) in [6.45, 7) is 8.83. The molecule has 6 rings (SSSR count). The number of carbonyl (C=O) groups is 2. The summed E-state index contributed by atoms with van der Waals surface area (Å²) in [5, 5.41) is 10.3. The second kappa shape index (κ2) is 8.64. The smallest absolute Gasteiger partial charge is 0.410 e. The highest BCUT2D eigenvalue weighted by Gasteiger charge is 2.45. The van der Waals surface area contributed by atoms with Crippen LogP contribution in [0.4, 0.5) is 10.6 Å². The lowest BCUT2D eigenvalue weighted by Gasteiger charge is -2.43. The molecule has 0 aromatic carbocycles. The molecule has 0 bridgehead atoms. The van der Waals surface area contributed by atoms with Gasteiger partial charge in [0.1, 0.15) is 17.5 Å². The minimum Gasteiger partial charge on any atom is -0.444 e. The van der Waals surface area contributed by atoms with Crippen LogP contribution in [0.1, 0.15) is 87.6 Å². The Morgan fingerprint density at radius 2 is 1.78 bits per heavy atom. The SMILES string of the molecule is CC(C)(C)OC(=O)N1CCc2c(C#N)c(N3CCN(C(=O)C4CC4)C(C4CC4)C3)nc(C3CC3)c2C1. The normalized spacial score (nSPS) is 24.3. The number of nitriles is 1. The number of aromatic nitrogens is 1. The Kier molecular flexibility index (Phi) is 5.66. The van der Waals surface area contributed by atoms with Crippen molar-refractivity contribution >= 4 is 17.8 Å². The molecular weight excluding hydrogens is 454 g/mol. The highest BCUT2D eigenvalue weighted by molar-refractivity contribution is 5.82.